The number of nitrogens with zero attached hydrogens (tertiary/aromatic N) is 2. The highest BCUT2D eigenvalue weighted by atomic mass is 35.5. The van der Waals surface area contributed by atoms with E-state index in [0.29, 0.717) is 16.3 Å². The molecular formula is C19H19ClN4O3S. The Morgan fingerprint density at radius 1 is 1.54 bits per heavy atom. The Labute approximate surface area is 171 Å². The van der Waals surface area contributed by atoms with Crippen molar-refractivity contribution >= 4 is 40.9 Å². The lowest BCUT2D eigenvalue weighted by Gasteiger charge is -2.45. The first kappa shape index (κ1) is 20.3. The lowest BCUT2D eigenvalue weighted by Crippen LogP contribution is -2.55. The maximum absolute atomic E-state index is 11.1. The zero-order chi connectivity index (χ0) is 20.6. The number of carboxylic acids is 1. The molecule has 1 aliphatic carbocycles. The van der Waals surface area contributed by atoms with Crippen LogP contribution in [0.1, 0.15) is 13.3 Å². The number of hydrogen-bond acceptors (Lipinski definition) is 6. The van der Waals surface area contributed by atoms with Crippen molar-refractivity contribution in [3.8, 4) is 6.07 Å². The van der Waals surface area contributed by atoms with Crippen molar-refractivity contribution in [2.24, 2.45) is 5.73 Å². The van der Waals surface area contributed by atoms with Gasteiger partial charge in [-0.25, -0.2) is 0 Å². The smallest absolute Gasteiger partial charge is 0.321 e. The first-order valence-electron chi connectivity index (χ1n) is 8.49. The number of nitrogens with one attached hydrogen (secondary N) is 1. The first-order valence-corrected chi connectivity index (χ1v) is 9.92. The van der Waals surface area contributed by atoms with E-state index in [4.69, 9.17) is 27.9 Å². The molecule has 1 aromatic carbocycles. The van der Waals surface area contributed by atoms with E-state index in [9.17, 15) is 15.2 Å². The highest BCUT2D eigenvalue weighted by Gasteiger charge is 2.53. The number of fused-ring (bicyclic) bond motifs is 1. The van der Waals surface area contributed by atoms with Crippen molar-refractivity contribution in [1.29, 1.82) is 10.7 Å². The molecule has 1 aromatic rings. The Bertz CT molecular complexity index is 937. The molecule has 9 heteroatoms. The van der Waals surface area contributed by atoms with Crippen LogP contribution in [0.15, 0.2) is 47.2 Å². The Morgan fingerprint density at radius 3 is 2.75 bits per heavy atom. The maximum Gasteiger partial charge on any atom is 0.321 e. The molecular weight excluding hydrogens is 400 g/mol. The van der Waals surface area contributed by atoms with E-state index >= 15 is 0 Å². The van der Waals surface area contributed by atoms with E-state index < -0.39 is 17.6 Å². The van der Waals surface area contributed by atoms with E-state index in [1.165, 1.54) is 17.8 Å². The van der Waals surface area contributed by atoms with Crippen LogP contribution >= 0.6 is 23.4 Å². The predicted molar refractivity (Wildman–Crippen MR) is 110 cm³/mol. The monoisotopic (exact) mass is 418 g/mol. The number of aliphatic hydroxyl groups excluding tert-OH is 1. The number of rotatable bonds is 5. The van der Waals surface area contributed by atoms with Gasteiger partial charge in [-0.05, 0) is 37.3 Å². The molecule has 0 radical (unpaired) electrons. The topological polar surface area (TPSA) is 134 Å². The number of anilines is 1. The second-order valence-corrected chi connectivity index (χ2v) is 8.49. The van der Waals surface area contributed by atoms with E-state index in [1.54, 1.807) is 29.2 Å². The molecule has 146 valence electrons. The third kappa shape index (κ3) is 3.26. The van der Waals surface area contributed by atoms with Crippen LogP contribution < -0.4 is 10.6 Å². The van der Waals surface area contributed by atoms with Gasteiger partial charge in [0.05, 0.1) is 11.3 Å². The molecule has 5 N–H and O–H groups in total. The fourth-order valence-electron chi connectivity index (χ4n) is 3.61. The number of nitriles is 1. The number of thioether (sulfide) groups is 1. The number of aliphatic carboxylic acids is 1. The molecule has 3 rings (SSSR count). The molecule has 0 unspecified atom stereocenters. The summed E-state index contributed by atoms with van der Waals surface area (Å²) in [6.45, 7) is 1.89. The van der Waals surface area contributed by atoms with Gasteiger partial charge in [-0.15, -0.1) is 0 Å². The SMILES string of the molecule is C[C@]12C(=C(C#N)C(=N)N1c1ccc(Cl)cc1)C=C(O)C[C@@H]2SC[C@H](N)C(=O)O. The molecule has 0 saturated heterocycles. The van der Waals surface area contributed by atoms with Gasteiger partial charge in [-0.3, -0.25) is 10.2 Å². The van der Waals surface area contributed by atoms with Gasteiger partial charge in [0.1, 0.15) is 23.5 Å². The van der Waals surface area contributed by atoms with Gasteiger partial charge < -0.3 is 20.8 Å². The number of allylic oxidation sites excluding steroid dienone is 1. The average molecular weight is 419 g/mol. The highest BCUT2D eigenvalue weighted by molar-refractivity contribution is 8.00. The van der Waals surface area contributed by atoms with Crippen molar-refractivity contribution in [3.05, 3.63) is 52.3 Å². The summed E-state index contributed by atoms with van der Waals surface area (Å²) in [5.74, 6) is -0.843. The molecule has 1 heterocycles. The number of amidine groups is 1. The van der Waals surface area contributed by atoms with E-state index in [2.05, 4.69) is 6.07 Å². The van der Waals surface area contributed by atoms with Crippen LogP contribution in [0, 0.1) is 16.7 Å². The van der Waals surface area contributed by atoms with Gasteiger partial charge in [-0.2, -0.15) is 17.0 Å². The molecule has 0 fully saturated rings. The molecule has 28 heavy (non-hydrogen) atoms. The molecule has 0 aromatic heterocycles. The second-order valence-electron chi connectivity index (χ2n) is 6.81. The van der Waals surface area contributed by atoms with Crippen molar-refractivity contribution in [1.82, 2.24) is 0 Å². The maximum atomic E-state index is 11.1. The number of aliphatic hydroxyl groups is 1. The number of nitrogens with two attached hydrogens (primary N) is 1. The Balaban J connectivity index is 2.08. The summed E-state index contributed by atoms with van der Waals surface area (Å²) in [5, 5.41) is 37.8. The molecule has 7 nitrogen and oxygen atoms in total. The fraction of sp³-hybridized carbons (Fsp3) is 0.316. The molecule has 3 atom stereocenters. The normalized spacial score (nSPS) is 25.2. The molecule has 0 spiro atoms. The van der Waals surface area contributed by atoms with Gasteiger partial charge in [0, 0.05) is 33.7 Å². The summed E-state index contributed by atoms with van der Waals surface area (Å²) in [4.78, 5) is 12.8. The lowest BCUT2D eigenvalue weighted by molar-refractivity contribution is -0.137. The minimum atomic E-state index is -1.10. The Morgan fingerprint density at radius 2 is 2.18 bits per heavy atom. The third-order valence-corrected chi connectivity index (χ3v) is 6.89. The summed E-state index contributed by atoms with van der Waals surface area (Å²) >= 11 is 7.31. The number of halogens is 1. The minimum absolute atomic E-state index is 0.0291. The zero-order valence-corrected chi connectivity index (χ0v) is 16.6. The lowest BCUT2D eigenvalue weighted by atomic mass is 9.81. The third-order valence-electron chi connectivity index (χ3n) is 5.06. The summed E-state index contributed by atoms with van der Waals surface area (Å²) in [7, 11) is 0. The van der Waals surface area contributed by atoms with Crippen LogP contribution in [0.5, 0.6) is 0 Å². The van der Waals surface area contributed by atoms with E-state index in [0.717, 1.165) is 0 Å². The van der Waals surface area contributed by atoms with E-state index in [1.807, 2.05) is 6.92 Å². The van der Waals surface area contributed by atoms with Crippen LogP contribution in [0.25, 0.3) is 0 Å². The molecule has 0 saturated carbocycles. The van der Waals surface area contributed by atoms with Crippen molar-refractivity contribution in [2.45, 2.75) is 30.2 Å². The quantitative estimate of drug-likeness (QED) is 0.577. The average Bonchev–Trinajstić information content (AvgIpc) is 2.86. The van der Waals surface area contributed by atoms with Crippen LogP contribution in [-0.2, 0) is 4.79 Å². The van der Waals surface area contributed by atoms with Crippen molar-refractivity contribution in [3.63, 3.8) is 0 Å². The van der Waals surface area contributed by atoms with Gasteiger partial charge in [0.2, 0.25) is 0 Å². The predicted octanol–water partition coefficient (Wildman–Crippen LogP) is 3.08. The minimum Gasteiger partial charge on any atom is -0.512 e. The largest absolute Gasteiger partial charge is 0.512 e. The summed E-state index contributed by atoms with van der Waals surface area (Å²) < 4.78 is 0. The van der Waals surface area contributed by atoms with Crippen LogP contribution in [0.2, 0.25) is 5.02 Å². The molecule has 0 amide bonds. The Kier molecular flexibility index (Phi) is 5.44. The van der Waals surface area contributed by atoms with Crippen LogP contribution in [-0.4, -0.2) is 44.6 Å². The van der Waals surface area contributed by atoms with Crippen LogP contribution in [0.3, 0.4) is 0 Å². The Hall–Kier alpha value is -2.47. The first-order chi connectivity index (χ1) is 13.2. The van der Waals surface area contributed by atoms with Gasteiger partial charge >= 0.3 is 5.97 Å². The van der Waals surface area contributed by atoms with Crippen molar-refractivity contribution < 1.29 is 15.0 Å². The standard InChI is InChI=1S/C19H19ClN4O3S/c1-19-14(6-12(25)7-16(19)28-9-15(22)18(26)27)13(8-21)17(23)24(19)11-4-2-10(20)3-5-11/h2-6,15-16,23,25H,7,9,22H2,1H3,(H,26,27)/t15-,16-,19+/m0/s1. The second kappa shape index (κ2) is 7.51. The van der Waals surface area contributed by atoms with Gasteiger partial charge in [0.15, 0.2) is 0 Å². The number of benzene rings is 1. The summed E-state index contributed by atoms with van der Waals surface area (Å²) in [6.07, 6.45) is 1.81. The number of carbonyl (C=O) groups is 1. The van der Waals surface area contributed by atoms with Crippen molar-refractivity contribution in [2.75, 3.05) is 10.7 Å². The van der Waals surface area contributed by atoms with Gasteiger partial charge in [0.25, 0.3) is 0 Å². The summed E-state index contributed by atoms with van der Waals surface area (Å²) in [6, 6.07) is 7.97. The number of carboxylic acid groups (broad SMARTS) is 1. The summed E-state index contributed by atoms with van der Waals surface area (Å²) in [5.41, 5.74) is 6.23. The van der Waals surface area contributed by atoms with Gasteiger partial charge in [-0.1, -0.05) is 11.6 Å². The highest BCUT2D eigenvalue weighted by Crippen LogP contribution is 2.50. The number of hydrogen-bond donors (Lipinski definition) is 4. The van der Waals surface area contributed by atoms with E-state index in [-0.39, 0.29) is 34.6 Å². The fourth-order valence-corrected chi connectivity index (χ4v) is 5.16. The molecule has 1 aliphatic heterocycles. The zero-order valence-electron chi connectivity index (χ0n) is 15.0. The van der Waals surface area contributed by atoms with Crippen LogP contribution in [0.4, 0.5) is 5.69 Å². The molecule has 2 aliphatic rings. The molecule has 0 bridgehead atoms.